The van der Waals surface area contributed by atoms with Crippen LogP contribution in [-0.2, 0) is 0 Å². The van der Waals surface area contributed by atoms with Crippen molar-refractivity contribution in [1.82, 2.24) is 0 Å². The topological polar surface area (TPSA) is 4.36 Å². The summed E-state index contributed by atoms with van der Waals surface area (Å²) in [6, 6.07) is 7.91. The quantitative estimate of drug-likeness (QED) is 0.637. The Labute approximate surface area is 102 Å². The molecule has 0 aliphatic carbocycles. The summed E-state index contributed by atoms with van der Waals surface area (Å²) in [6.07, 6.45) is 0. The van der Waals surface area contributed by atoms with Gasteiger partial charge >= 0.3 is 0 Å². The standard InChI is InChI=1S/C13H6ClF2N/c1-17-13-5-2-8(6-11(13)14)10-4-3-9(15)7-12(10)16/h2-7H. The number of halogens is 3. The van der Waals surface area contributed by atoms with Crippen LogP contribution in [0.4, 0.5) is 14.5 Å². The molecule has 2 aromatic carbocycles. The molecule has 0 aromatic heterocycles. The molecule has 0 spiro atoms. The van der Waals surface area contributed by atoms with Gasteiger partial charge in [0, 0.05) is 16.7 Å². The lowest BCUT2D eigenvalue weighted by molar-refractivity contribution is 0.585. The van der Waals surface area contributed by atoms with Crippen molar-refractivity contribution in [3.63, 3.8) is 0 Å². The van der Waals surface area contributed by atoms with Crippen molar-refractivity contribution >= 4 is 17.3 Å². The highest BCUT2D eigenvalue weighted by Crippen LogP contribution is 2.31. The molecular weight excluding hydrogens is 244 g/mol. The van der Waals surface area contributed by atoms with Crippen molar-refractivity contribution in [3.8, 4) is 11.1 Å². The van der Waals surface area contributed by atoms with Crippen molar-refractivity contribution in [2.24, 2.45) is 0 Å². The molecule has 17 heavy (non-hydrogen) atoms. The van der Waals surface area contributed by atoms with E-state index in [1.54, 1.807) is 6.07 Å². The maximum atomic E-state index is 13.5. The summed E-state index contributed by atoms with van der Waals surface area (Å²) in [7, 11) is 0. The van der Waals surface area contributed by atoms with Gasteiger partial charge in [-0.1, -0.05) is 23.7 Å². The van der Waals surface area contributed by atoms with Gasteiger partial charge in [0.15, 0.2) is 0 Å². The van der Waals surface area contributed by atoms with Crippen LogP contribution in [0.2, 0.25) is 5.02 Å². The third kappa shape index (κ3) is 2.27. The Bertz CT molecular complexity index is 617. The molecule has 0 aliphatic heterocycles. The Morgan fingerprint density at radius 2 is 1.82 bits per heavy atom. The molecule has 84 valence electrons. The van der Waals surface area contributed by atoms with Gasteiger partial charge in [0.1, 0.15) is 11.6 Å². The molecule has 2 rings (SSSR count). The van der Waals surface area contributed by atoms with Crippen LogP contribution in [0.15, 0.2) is 36.4 Å². The summed E-state index contributed by atoms with van der Waals surface area (Å²) in [5.74, 6) is -1.29. The fraction of sp³-hybridized carbons (Fsp3) is 0. The molecule has 0 aliphatic rings. The predicted octanol–water partition coefficient (Wildman–Crippen LogP) is 4.84. The van der Waals surface area contributed by atoms with Gasteiger partial charge < -0.3 is 0 Å². The Morgan fingerprint density at radius 1 is 1.06 bits per heavy atom. The van der Waals surface area contributed by atoms with Crippen molar-refractivity contribution in [3.05, 3.63) is 64.5 Å². The smallest absolute Gasteiger partial charge is 0.205 e. The van der Waals surface area contributed by atoms with Gasteiger partial charge in [-0.3, -0.25) is 0 Å². The Balaban J connectivity index is 2.54. The normalized spacial score (nSPS) is 10.0. The van der Waals surface area contributed by atoms with Crippen LogP contribution in [0, 0.1) is 18.2 Å². The lowest BCUT2D eigenvalue weighted by Crippen LogP contribution is -1.86. The zero-order chi connectivity index (χ0) is 12.4. The van der Waals surface area contributed by atoms with E-state index in [9.17, 15) is 8.78 Å². The monoisotopic (exact) mass is 249 g/mol. The average Bonchev–Trinajstić information content (AvgIpc) is 2.29. The highest BCUT2D eigenvalue weighted by molar-refractivity contribution is 6.33. The van der Waals surface area contributed by atoms with Gasteiger partial charge in [-0.05, 0) is 23.8 Å². The number of hydrogen-bond donors (Lipinski definition) is 0. The molecule has 0 N–H and O–H groups in total. The third-order valence-electron chi connectivity index (χ3n) is 2.31. The molecule has 0 amide bonds. The summed E-state index contributed by atoms with van der Waals surface area (Å²) >= 11 is 5.85. The Kier molecular flexibility index (Phi) is 3.08. The van der Waals surface area contributed by atoms with Gasteiger partial charge in [0.05, 0.1) is 6.57 Å². The van der Waals surface area contributed by atoms with Gasteiger partial charge in [-0.15, -0.1) is 0 Å². The summed E-state index contributed by atoms with van der Waals surface area (Å²) < 4.78 is 26.3. The first-order valence-corrected chi connectivity index (χ1v) is 5.12. The predicted molar refractivity (Wildman–Crippen MR) is 63.1 cm³/mol. The highest BCUT2D eigenvalue weighted by atomic mass is 35.5. The lowest BCUT2D eigenvalue weighted by Gasteiger charge is -2.05. The second-order valence-electron chi connectivity index (χ2n) is 3.40. The minimum Gasteiger partial charge on any atom is -0.237 e. The lowest BCUT2D eigenvalue weighted by atomic mass is 10.0. The Morgan fingerprint density at radius 3 is 2.41 bits per heavy atom. The first-order chi connectivity index (χ1) is 8.11. The van der Waals surface area contributed by atoms with Crippen molar-refractivity contribution in [1.29, 1.82) is 0 Å². The van der Waals surface area contributed by atoms with Gasteiger partial charge in [0.2, 0.25) is 5.69 Å². The zero-order valence-electron chi connectivity index (χ0n) is 8.55. The SMILES string of the molecule is [C-]#[N+]c1ccc(-c2ccc(F)cc2F)cc1Cl. The second-order valence-corrected chi connectivity index (χ2v) is 3.81. The molecule has 4 heteroatoms. The number of nitrogens with zero attached hydrogens (tertiary/aromatic N) is 1. The fourth-order valence-electron chi connectivity index (χ4n) is 1.49. The van der Waals surface area contributed by atoms with Crippen molar-refractivity contribution in [2.45, 2.75) is 0 Å². The number of benzene rings is 2. The summed E-state index contributed by atoms with van der Waals surface area (Å²) in [5, 5.41) is 0.251. The van der Waals surface area contributed by atoms with E-state index in [1.807, 2.05) is 0 Å². The molecule has 0 atom stereocenters. The van der Waals surface area contributed by atoms with Crippen LogP contribution in [0.5, 0.6) is 0 Å². The van der Waals surface area contributed by atoms with Crippen LogP contribution in [-0.4, -0.2) is 0 Å². The van der Waals surface area contributed by atoms with E-state index in [1.165, 1.54) is 24.3 Å². The molecule has 0 bridgehead atoms. The van der Waals surface area contributed by atoms with E-state index >= 15 is 0 Å². The van der Waals surface area contributed by atoms with Gasteiger partial charge in [-0.2, -0.15) is 0 Å². The molecule has 0 fully saturated rings. The number of hydrogen-bond acceptors (Lipinski definition) is 0. The third-order valence-corrected chi connectivity index (χ3v) is 2.61. The fourth-order valence-corrected chi connectivity index (χ4v) is 1.71. The summed E-state index contributed by atoms with van der Waals surface area (Å²) in [5.41, 5.74) is 1.07. The highest BCUT2D eigenvalue weighted by Gasteiger charge is 2.08. The summed E-state index contributed by atoms with van der Waals surface area (Å²) in [4.78, 5) is 3.21. The van der Waals surface area contributed by atoms with Crippen LogP contribution in [0.3, 0.4) is 0 Å². The Hall–Kier alpha value is -1.92. The van der Waals surface area contributed by atoms with E-state index in [-0.39, 0.29) is 10.6 Å². The van der Waals surface area contributed by atoms with E-state index in [2.05, 4.69) is 4.85 Å². The van der Waals surface area contributed by atoms with E-state index in [0.717, 1.165) is 6.07 Å². The van der Waals surface area contributed by atoms with Crippen LogP contribution < -0.4 is 0 Å². The number of rotatable bonds is 1. The molecule has 0 heterocycles. The van der Waals surface area contributed by atoms with E-state index in [4.69, 9.17) is 18.2 Å². The molecule has 2 aromatic rings. The van der Waals surface area contributed by atoms with Gasteiger partial charge in [-0.25, -0.2) is 13.6 Å². The van der Waals surface area contributed by atoms with Crippen LogP contribution >= 0.6 is 11.6 Å². The maximum absolute atomic E-state index is 13.5. The van der Waals surface area contributed by atoms with Gasteiger partial charge in [0.25, 0.3) is 0 Å². The molecule has 1 nitrogen and oxygen atoms in total. The van der Waals surface area contributed by atoms with Crippen molar-refractivity contribution in [2.75, 3.05) is 0 Å². The maximum Gasteiger partial charge on any atom is 0.205 e. The summed E-state index contributed by atoms with van der Waals surface area (Å²) in [6.45, 7) is 6.85. The molecule has 0 unspecified atom stereocenters. The van der Waals surface area contributed by atoms with E-state index in [0.29, 0.717) is 11.3 Å². The molecule has 0 saturated heterocycles. The first-order valence-electron chi connectivity index (χ1n) is 4.74. The molecule has 0 radical (unpaired) electrons. The minimum atomic E-state index is -0.656. The van der Waals surface area contributed by atoms with E-state index < -0.39 is 11.6 Å². The second kappa shape index (κ2) is 4.52. The van der Waals surface area contributed by atoms with Crippen molar-refractivity contribution < 1.29 is 8.78 Å². The minimum absolute atomic E-state index is 0.251. The molecule has 0 saturated carbocycles. The van der Waals surface area contributed by atoms with Crippen LogP contribution in [0.25, 0.3) is 16.0 Å². The zero-order valence-corrected chi connectivity index (χ0v) is 9.30. The first kappa shape index (κ1) is 11.6. The largest absolute Gasteiger partial charge is 0.237 e. The average molecular weight is 250 g/mol. The van der Waals surface area contributed by atoms with Crippen LogP contribution in [0.1, 0.15) is 0 Å². The molecular formula is C13H6ClF2N.